The van der Waals surface area contributed by atoms with Gasteiger partial charge in [-0.3, -0.25) is 0 Å². The SMILES string of the molecule is COc1cc(-c2nnn(C3CCN(C(=O)OC(C)(C)C)CC3)c2C)cn2ncc(C)c12. The summed E-state index contributed by atoms with van der Waals surface area (Å²) in [6.07, 6.45) is 5.14. The van der Waals surface area contributed by atoms with E-state index in [1.165, 1.54) is 0 Å². The van der Waals surface area contributed by atoms with E-state index < -0.39 is 5.60 Å². The predicted octanol–water partition coefficient (Wildman–Crippen LogP) is 3.79. The molecule has 9 heteroatoms. The molecule has 0 atom stereocenters. The van der Waals surface area contributed by atoms with Crippen LogP contribution in [-0.4, -0.2) is 61.4 Å². The van der Waals surface area contributed by atoms with Crippen molar-refractivity contribution in [3.8, 4) is 17.0 Å². The van der Waals surface area contributed by atoms with Crippen molar-refractivity contribution in [2.75, 3.05) is 20.2 Å². The van der Waals surface area contributed by atoms with Crippen LogP contribution in [-0.2, 0) is 4.74 Å². The molecule has 1 saturated heterocycles. The first kappa shape index (κ1) is 21.1. The maximum atomic E-state index is 12.3. The summed E-state index contributed by atoms with van der Waals surface area (Å²) in [5.41, 5.74) is 4.22. The van der Waals surface area contributed by atoms with Crippen LogP contribution in [0.5, 0.6) is 5.75 Å². The second-order valence-electron chi connectivity index (χ2n) is 9.08. The number of hydrogen-bond donors (Lipinski definition) is 0. The van der Waals surface area contributed by atoms with Crippen molar-refractivity contribution in [3.05, 3.63) is 29.7 Å². The number of pyridine rings is 1. The molecule has 0 radical (unpaired) electrons. The molecule has 1 fully saturated rings. The van der Waals surface area contributed by atoms with Gasteiger partial charge in [-0.25, -0.2) is 14.0 Å². The number of methoxy groups -OCH3 is 1. The number of aryl methyl sites for hydroxylation is 1. The molecule has 4 rings (SSSR count). The van der Waals surface area contributed by atoms with Crippen LogP contribution in [0, 0.1) is 13.8 Å². The van der Waals surface area contributed by atoms with E-state index in [0.29, 0.717) is 13.1 Å². The Labute approximate surface area is 181 Å². The lowest BCUT2D eigenvalue weighted by Gasteiger charge is -2.33. The van der Waals surface area contributed by atoms with Gasteiger partial charge in [-0.15, -0.1) is 5.10 Å². The topological polar surface area (TPSA) is 86.8 Å². The molecule has 1 aliphatic rings. The van der Waals surface area contributed by atoms with Crippen LogP contribution >= 0.6 is 0 Å². The lowest BCUT2D eigenvalue weighted by Crippen LogP contribution is -2.42. The molecular formula is C22H30N6O3. The van der Waals surface area contributed by atoms with Gasteiger partial charge >= 0.3 is 6.09 Å². The highest BCUT2D eigenvalue weighted by Crippen LogP contribution is 2.32. The second kappa shape index (κ2) is 7.86. The van der Waals surface area contributed by atoms with Gasteiger partial charge in [0.25, 0.3) is 0 Å². The number of hydrogen-bond acceptors (Lipinski definition) is 6. The summed E-state index contributed by atoms with van der Waals surface area (Å²) in [6.45, 7) is 11.0. The average Bonchev–Trinajstić information content (AvgIpc) is 3.29. The summed E-state index contributed by atoms with van der Waals surface area (Å²) in [4.78, 5) is 14.1. The summed E-state index contributed by atoms with van der Waals surface area (Å²) in [6, 6.07) is 2.17. The fraction of sp³-hybridized carbons (Fsp3) is 0.545. The normalized spacial score (nSPS) is 15.5. The maximum absolute atomic E-state index is 12.3. The number of nitrogens with zero attached hydrogens (tertiary/aromatic N) is 6. The number of fused-ring (bicyclic) bond motifs is 1. The Morgan fingerprint density at radius 3 is 2.55 bits per heavy atom. The molecule has 0 spiro atoms. The minimum absolute atomic E-state index is 0.192. The van der Waals surface area contributed by atoms with Gasteiger partial charge in [-0.1, -0.05) is 5.21 Å². The number of piperidine rings is 1. The monoisotopic (exact) mass is 426 g/mol. The number of ether oxygens (including phenoxy) is 2. The molecule has 31 heavy (non-hydrogen) atoms. The third kappa shape index (κ3) is 4.08. The first-order valence-corrected chi connectivity index (χ1v) is 10.6. The van der Waals surface area contributed by atoms with Crippen molar-refractivity contribution in [2.24, 2.45) is 0 Å². The van der Waals surface area contributed by atoms with E-state index in [0.717, 1.165) is 46.6 Å². The summed E-state index contributed by atoms with van der Waals surface area (Å²) in [5.74, 6) is 0.757. The van der Waals surface area contributed by atoms with Crippen molar-refractivity contribution in [1.82, 2.24) is 29.5 Å². The van der Waals surface area contributed by atoms with Crippen molar-refractivity contribution in [2.45, 2.75) is 59.1 Å². The molecule has 0 bridgehead atoms. The number of likely N-dealkylation sites (tertiary alicyclic amines) is 1. The standard InChI is InChI=1S/C22H30N6O3/c1-14-12-23-27-13-16(11-18(30-6)20(14)27)19-15(2)28(25-24-19)17-7-9-26(10-8-17)21(29)31-22(3,4)5/h11-13,17H,7-10H2,1-6H3. The molecule has 4 heterocycles. The smallest absolute Gasteiger partial charge is 0.410 e. The van der Waals surface area contributed by atoms with Gasteiger partial charge < -0.3 is 14.4 Å². The highest BCUT2D eigenvalue weighted by molar-refractivity contribution is 5.72. The lowest BCUT2D eigenvalue weighted by atomic mass is 10.0. The van der Waals surface area contributed by atoms with Crippen LogP contribution in [0.15, 0.2) is 18.5 Å². The number of rotatable bonds is 3. The Hall–Kier alpha value is -3.10. The minimum Gasteiger partial charge on any atom is -0.494 e. The highest BCUT2D eigenvalue weighted by Gasteiger charge is 2.29. The molecule has 0 unspecified atom stereocenters. The summed E-state index contributed by atoms with van der Waals surface area (Å²) in [7, 11) is 1.66. The molecule has 0 saturated carbocycles. The van der Waals surface area contributed by atoms with Gasteiger partial charge in [0.15, 0.2) is 0 Å². The van der Waals surface area contributed by atoms with Crippen LogP contribution in [0.1, 0.15) is 50.9 Å². The Balaban J connectivity index is 1.53. The highest BCUT2D eigenvalue weighted by atomic mass is 16.6. The van der Waals surface area contributed by atoms with E-state index in [1.54, 1.807) is 12.0 Å². The second-order valence-corrected chi connectivity index (χ2v) is 9.08. The van der Waals surface area contributed by atoms with Crippen LogP contribution in [0.2, 0.25) is 0 Å². The number of carbonyl (C=O) groups excluding carboxylic acids is 1. The van der Waals surface area contributed by atoms with E-state index in [9.17, 15) is 4.79 Å². The lowest BCUT2D eigenvalue weighted by molar-refractivity contribution is 0.0184. The zero-order chi connectivity index (χ0) is 22.3. The molecule has 0 N–H and O–H groups in total. The van der Waals surface area contributed by atoms with Gasteiger partial charge in [0.05, 0.1) is 25.0 Å². The van der Waals surface area contributed by atoms with E-state index in [2.05, 4.69) is 15.4 Å². The third-order valence-electron chi connectivity index (χ3n) is 5.64. The van der Waals surface area contributed by atoms with Gasteiger partial charge in [0.1, 0.15) is 22.6 Å². The average molecular weight is 427 g/mol. The van der Waals surface area contributed by atoms with E-state index in [-0.39, 0.29) is 12.1 Å². The van der Waals surface area contributed by atoms with Crippen molar-refractivity contribution in [1.29, 1.82) is 0 Å². The molecular weight excluding hydrogens is 396 g/mol. The van der Waals surface area contributed by atoms with Crippen LogP contribution in [0.3, 0.4) is 0 Å². The Kier molecular flexibility index (Phi) is 5.36. The van der Waals surface area contributed by atoms with Gasteiger partial charge in [-0.2, -0.15) is 5.10 Å². The molecule has 1 aliphatic heterocycles. The maximum Gasteiger partial charge on any atom is 0.410 e. The zero-order valence-electron chi connectivity index (χ0n) is 19.0. The van der Waals surface area contributed by atoms with Gasteiger partial charge in [0.2, 0.25) is 0 Å². The Bertz CT molecular complexity index is 1100. The van der Waals surface area contributed by atoms with Crippen LogP contribution in [0.25, 0.3) is 16.8 Å². The fourth-order valence-electron chi connectivity index (χ4n) is 4.09. The van der Waals surface area contributed by atoms with Crippen molar-refractivity contribution < 1.29 is 14.3 Å². The largest absolute Gasteiger partial charge is 0.494 e. The first-order chi connectivity index (χ1) is 14.7. The number of aromatic nitrogens is 5. The predicted molar refractivity (Wildman–Crippen MR) is 116 cm³/mol. The van der Waals surface area contributed by atoms with Crippen molar-refractivity contribution >= 4 is 11.6 Å². The van der Waals surface area contributed by atoms with Crippen LogP contribution in [0.4, 0.5) is 4.79 Å². The molecule has 1 amide bonds. The van der Waals surface area contributed by atoms with Crippen LogP contribution < -0.4 is 4.74 Å². The molecule has 3 aromatic rings. The molecule has 166 valence electrons. The summed E-state index contributed by atoms with van der Waals surface area (Å²) < 4.78 is 14.9. The van der Waals surface area contributed by atoms with Crippen molar-refractivity contribution in [3.63, 3.8) is 0 Å². The zero-order valence-corrected chi connectivity index (χ0v) is 19.0. The first-order valence-electron chi connectivity index (χ1n) is 10.6. The third-order valence-corrected chi connectivity index (χ3v) is 5.64. The molecule has 3 aromatic heterocycles. The molecule has 0 aromatic carbocycles. The number of amides is 1. The fourth-order valence-corrected chi connectivity index (χ4v) is 4.09. The molecule has 0 aliphatic carbocycles. The van der Waals surface area contributed by atoms with E-state index >= 15 is 0 Å². The molecule has 9 nitrogen and oxygen atoms in total. The van der Waals surface area contributed by atoms with Gasteiger partial charge in [0, 0.05) is 24.8 Å². The summed E-state index contributed by atoms with van der Waals surface area (Å²) >= 11 is 0. The summed E-state index contributed by atoms with van der Waals surface area (Å²) in [5, 5.41) is 13.3. The number of carbonyl (C=O) groups is 1. The van der Waals surface area contributed by atoms with E-state index in [1.807, 2.05) is 62.3 Å². The van der Waals surface area contributed by atoms with Gasteiger partial charge in [-0.05, 0) is 59.1 Å². The Morgan fingerprint density at radius 1 is 1.19 bits per heavy atom. The van der Waals surface area contributed by atoms with E-state index in [4.69, 9.17) is 9.47 Å². The quantitative estimate of drug-likeness (QED) is 0.633. The Morgan fingerprint density at radius 2 is 1.90 bits per heavy atom. The minimum atomic E-state index is -0.486.